The molecule has 0 spiro atoms. The van der Waals surface area contributed by atoms with Gasteiger partial charge in [-0.2, -0.15) is 5.26 Å². The Bertz CT molecular complexity index is 1140. The first-order valence-electron chi connectivity index (χ1n) is 9.93. The maximum absolute atomic E-state index is 13.4. The van der Waals surface area contributed by atoms with Crippen molar-refractivity contribution in [3.05, 3.63) is 57.5 Å². The van der Waals surface area contributed by atoms with Crippen molar-refractivity contribution in [2.45, 2.75) is 43.9 Å². The largest absolute Gasteiger partial charge is 0.384 e. The SMILES string of the molecule is CCSc1nnc(N2C(N)=C(C#N)C(c3ccc(Cl)cc3)C3=C2CC(C)(C)CC3=O)s1. The van der Waals surface area contributed by atoms with Crippen LogP contribution in [0, 0.1) is 16.7 Å². The molecule has 1 aromatic heterocycles. The summed E-state index contributed by atoms with van der Waals surface area (Å²) in [7, 11) is 0. The van der Waals surface area contributed by atoms with Crippen molar-refractivity contribution in [2.75, 3.05) is 10.7 Å². The van der Waals surface area contributed by atoms with Gasteiger partial charge in [-0.3, -0.25) is 9.69 Å². The number of Topliss-reactive ketones (excluding diaryl/α,β-unsaturated/α-hetero) is 1. The molecule has 2 aliphatic rings. The summed E-state index contributed by atoms with van der Waals surface area (Å²) in [5, 5.41) is 19.8. The van der Waals surface area contributed by atoms with Crippen LogP contribution in [-0.2, 0) is 4.79 Å². The van der Waals surface area contributed by atoms with Crippen molar-refractivity contribution >= 4 is 45.6 Å². The highest BCUT2D eigenvalue weighted by molar-refractivity contribution is 8.01. The van der Waals surface area contributed by atoms with Crippen LogP contribution in [-0.4, -0.2) is 21.7 Å². The Morgan fingerprint density at radius 2 is 2.03 bits per heavy atom. The topological polar surface area (TPSA) is 95.9 Å². The third-order valence-corrected chi connectivity index (χ3v) is 7.62. The summed E-state index contributed by atoms with van der Waals surface area (Å²) in [6.07, 6.45) is 1.06. The van der Waals surface area contributed by atoms with E-state index < -0.39 is 5.92 Å². The number of thioether (sulfide) groups is 1. The maximum Gasteiger partial charge on any atom is 0.219 e. The summed E-state index contributed by atoms with van der Waals surface area (Å²) < 4.78 is 0.826. The molecule has 6 nitrogen and oxygen atoms in total. The molecule has 1 aromatic carbocycles. The molecule has 1 atom stereocenters. The highest BCUT2D eigenvalue weighted by Gasteiger charge is 2.45. The number of rotatable bonds is 4. The molecule has 0 bridgehead atoms. The zero-order valence-electron chi connectivity index (χ0n) is 17.5. The molecular weight excluding hydrogens is 450 g/mol. The Hall–Kier alpha value is -2.34. The van der Waals surface area contributed by atoms with Crippen LogP contribution in [0.3, 0.4) is 0 Å². The van der Waals surface area contributed by atoms with Crippen LogP contribution < -0.4 is 10.6 Å². The molecule has 1 unspecified atom stereocenters. The first kappa shape index (κ1) is 21.9. The van der Waals surface area contributed by atoms with E-state index >= 15 is 0 Å². The Kier molecular flexibility index (Phi) is 5.86. The van der Waals surface area contributed by atoms with Crippen molar-refractivity contribution < 1.29 is 4.79 Å². The fourth-order valence-electron chi connectivity index (χ4n) is 4.19. The second-order valence-corrected chi connectivity index (χ2v) is 11.2. The van der Waals surface area contributed by atoms with E-state index in [1.54, 1.807) is 28.8 Å². The summed E-state index contributed by atoms with van der Waals surface area (Å²) in [6, 6.07) is 9.51. The van der Waals surface area contributed by atoms with Crippen LogP contribution in [0.2, 0.25) is 5.02 Å². The number of hydrogen-bond acceptors (Lipinski definition) is 8. The van der Waals surface area contributed by atoms with Gasteiger partial charge in [0.2, 0.25) is 5.13 Å². The lowest BCUT2D eigenvalue weighted by atomic mass is 9.69. The molecule has 1 aliphatic carbocycles. The minimum atomic E-state index is -0.519. The third kappa shape index (κ3) is 3.98. The summed E-state index contributed by atoms with van der Waals surface area (Å²) in [4.78, 5) is 15.2. The molecule has 2 N–H and O–H groups in total. The van der Waals surface area contributed by atoms with E-state index in [0.717, 1.165) is 21.4 Å². The number of allylic oxidation sites excluding steroid dienone is 3. The highest BCUT2D eigenvalue weighted by Crippen LogP contribution is 2.50. The predicted octanol–water partition coefficient (Wildman–Crippen LogP) is 5.24. The first-order chi connectivity index (χ1) is 14.8. The lowest BCUT2D eigenvalue weighted by Gasteiger charge is -2.42. The molecule has 1 aliphatic heterocycles. The Labute approximate surface area is 194 Å². The molecule has 2 heterocycles. The summed E-state index contributed by atoms with van der Waals surface area (Å²) >= 11 is 9.09. The van der Waals surface area contributed by atoms with Gasteiger partial charge in [0.15, 0.2) is 10.1 Å². The fraction of sp³-hybridized carbons (Fsp3) is 0.364. The Morgan fingerprint density at radius 3 is 2.68 bits per heavy atom. The van der Waals surface area contributed by atoms with Gasteiger partial charge in [-0.05, 0) is 35.3 Å². The standard InChI is InChI=1S/C22H22ClN5OS2/c1-4-30-21-27-26-20(31-21)28-15-9-22(2,3)10-16(29)18(15)17(14(11-24)19(28)25)12-5-7-13(23)8-6-12/h5-8,17H,4,9-10,25H2,1-3H3. The summed E-state index contributed by atoms with van der Waals surface area (Å²) in [6.45, 7) is 6.19. The van der Waals surface area contributed by atoms with Gasteiger partial charge in [-0.15, -0.1) is 10.2 Å². The van der Waals surface area contributed by atoms with Crippen LogP contribution in [0.5, 0.6) is 0 Å². The molecule has 0 fully saturated rings. The van der Waals surface area contributed by atoms with Crippen LogP contribution in [0.4, 0.5) is 5.13 Å². The molecule has 31 heavy (non-hydrogen) atoms. The maximum atomic E-state index is 13.4. The Balaban J connectivity index is 1.94. The van der Waals surface area contributed by atoms with Crippen LogP contribution in [0.25, 0.3) is 0 Å². The van der Waals surface area contributed by atoms with E-state index in [0.29, 0.717) is 40.0 Å². The highest BCUT2D eigenvalue weighted by atomic mass is 35.5. The monoisotopic (exact) mass is 471 g/mol. The van der Waals surface area contributed by atoms with Crippen molar-refractivity contribution in [3.8, 4) is 6.07 Å². The lowest BCUT2D eigenvalue weighted by Crippen LogP contribution is -2.42. The predicted molar refractivity (Wildman–Crippen MR) is 125 cm³/mol. The minimum Gasteiger partial charge on any atom is -0.384 e. The zero-order valence-corrected chi connectivity index (χ0v) is 19.9. The van der Waals surface area contributed by atoms with Crippen LogP contribution in [0.1, 0.15) is 45.1 Å². The molecule has 0 saturated carbocycles. The number of halogens is 1. The van der Waals surface area contributed by atoms with E-state index in [4.69, 9.17) is 17.3 Å². The number of carbonyl (C=O) groups is 1. The van der Waals surface area contributed by atoms with Gasteiger partial charge in [-0.1, -0.05) is 67.6 Å². The number of anilines is 1. The van der Waals surface area contributed by atoms with Gasteiger partial charge in [-0.25, -0.2) is 0 Å². The number of nitrogens with zero attached hydrogens (tertiary/aromatic N) is 4. The fourth-order valence-corrected chi connectivity index (χ4v) is 6.09. The zero-order chi connectivity index (χ0) is 22.3. The van der Waals surface area contributed by atoms with Gasteiger partial charge in [0, 0.05) is 22.7 Å². The number of benzene rings is 1. The number of carbonyl (C=O) groups excluding carboxylic acids is 1. The van der Waals surface area contributed by atoms with Gasteiger partial charge >= 0.3 is 0 Å². The molecular formula is C22H22ClN5OS2. The summed E-state index contributed by atoms with van der Waals surface area (Å²) in [5.74, 6) is 0.691. The average molecular weight is 472 g/mol. The van der Waals surface area contributed by atoms with Gasteiger partial charge in [0.05, 0.1) is 17.6 Å². The minimum absolute atomic E-state index is 0.0316. The second-order valence-electron chi connectivity index (χ2n) is 8.32. The summed E-state index contributed by atoms with van der Waals surface area (Å²) in [5.41, 5.74) is 8.95. The second kappa shape index (κ2) is 8.30. The average Bonchev–Trinajstić information content (AvgIpc) is 3.15. The lowest BCUT2D eigenvalue weighted by molar-refractivity contribution is -0.118. The molecule has 160 valence electrons. The van der Waals surface area contributed by atoms with Gasteiger partial charge in [0.25, 0.3) is 0 Å². The molecule has 9 heteroatoms. The third-order valence-electron chi connectivity index (χ3n) is 5.44. The van der Waals surface area contributed by atoms with E-state index in [-0.39, 0.29) is 11.2 Å². The molecule has 2 aromatic rings. The van der Waals surface area contributed by atoms with Crippen molar-refractivity contribution in [1.82, 2.24) is 10.2 Å². The van der Waals surface area contributed by atoms with E-state index in [9.17, 15) is 10.1 Å². The molecule has 4 rings (SSSR count). The van der Waals surface area contributed by atoms with E-state index in [1.807, 2.05) is 19.1 Å². The normalized spacial score (nSPS) is 20.7. The van der Waals surface area contributed by atoms with E-state index in [2.05, 4.69) is 30.1 Å². The molecule has 0 saturated heterocycles. The quantitative estimate of drug-likeness (QED) is 0.608. The van der Waals surface area contributed by atoms with Gasteiger partial charge < -0.3 is 5.73 Å². The van der Waals surface area contributed by atoms with Gasteiger partial charge in [0.1, 0.15) is 5.82 Å². The number of nitriles is 1. The smallest absolute Gasteiger partial charge is 0.219 e. The van der Waals surface area contributed by atoms with Crippen molar-refractivity contribution in [2.24, 2.45) is 11.1 Å². The Morgan fingerprint density at radius 1 is 1.32 bits per heavy atom. The van der Waals surface area contributed by atoms with E-state index in [1.165, 1.54) is 11.3 Å². The molecule has 0 radical (unpaired) electrons. The van der Waals surface area contributed by atoms with Crippen molar-refractivity contribution in [3.63, 3.8) is 0 Å². The number of ketones is 1. The van der Waals surface area contributed by atoms with Crippen LogP contribution in [0.15, 0.2) is 51.3 Å². The number of nitrogens with two attached hydrogens (primary N) is 1. The molecule has 0 amide bonds. The number of aromatic nitrogens is 2. The van der Waals surface area contributed by atoms with Crippen LogP contribution >= 0.6 is 34.7 Å². The first-order valence-corrected chi connectivity index (χ1v) is 12.1. The number of hydrogen-bond donors (Lipinski definition) is 1. The van der Waals surface area contributed by atoms with Crippen molar-refractivity contribution in [1.29, 1.82) is 5.26 Å².